The van der Waals surface area contributed by atoms with Crippen molar-refractivity contribution < 1.29 is 24.2 Å². The van der Waals surface area contributed by atoms with Gasteiger partial charge in [0.2, 0.25) is 0 Å². The molecule has 0 saturated carbocycles. The van der Waals surface area contributed by atoms with E-state index in [0.29, 0.717) is 17.5 Å². The van der Waals surface area contributed by atoms with Gasteiger partial charge in [-0.2, -0.15) is 0 Å². The molecule has 4 rings (SSSR count). The maximum Gasteiger partial charge on any atom is 0.254 e. The van der Waals surface area contributed by atoms with Crippen LogP contribution in [0.5, 0.6) is 11.5 Å². The van der Waals surface area contributed by atoms with Gasteiger partial charge in [0.05, 0.1) is 32.4 Å². The second-order valence-corrected chi connectivity index (χ2v) is 11.7. The van der Waals surface area contributed by atoms with Crippen LogP contribution < -0.4 is 20.1 Å². The lowest BCUT2D eigenvalue weighted by Gasteiger charge is -2.27. The third-order valence-electron chi connectivity index (χ3n) is 8.39. The van der Waals surface area contributed by atoms with Gasteiger partial charge >= 0.3 is 0 Å². The molecule has 0 aliphatic heterocycles. The highest BCUT2D eigenvalue weighted by Gasteiger charge is 2.25. The van der Waals surface area contributed by atoms with Gasteiger partial charge in [0.1, 0.15) is 11.5 Å². The van der Waals surface area contributed by atoms with E-state index in [1.807, 2.05) is 99.6 Å². The highest BCUT2D eigenvalue weighted by molar-refractivity contribution is 6.00. The molecule has 0 bridgehead atoms. The van der Waals surface area contributed by atoms with Gasteiger partial charge in [-0.05, 0) is 91.9 Å². The molecule has 0 heterocycles. The predicted molar refractivity (Wildman–Crippen MR) is 182 cm³/mol. The fourth-order valence-electron chi connectivity index (χ4n) is 5.40. The number of carbonyl (C=O) groups is 2. The Hall–Kier alpha value is -4.66. The van der Waals surface area contributed by atoms with Crippen molar-refractivity contribution in [1.82, 2.24) is 15.5 Å². The Kier molecular flexibility index (Phi) is 11.9. The van der Waals surface area contributed by atoms with Gasteiger partial charge in [0, 0.05) is 30.8 Å². The summed E-state index contributed by atoms with van der Waals surface area (Å²) in [4.78, 5) is 29.0. The number of rotatable bonds is 14. The number of ether oxygens (including phenoxy) is 2. The van der Waals surface area contributed by atoms with E-state index < -0.39 is 12.1 Å². The Morgan fingerprint density at radius 1 is 0.804 bits per heavy atom. The molecule has 2 amide bonds. The van der Waals surface area contributed by atoms with Crippen molar-refractivity contribution in [3.05, 3.63) is 130 Å². The highest BCUT2D eigenvalue weighted by atomic mass is 16.5. The number of aliphatic hydroxyl groups excluding tert-OH is 1. The maximum atomic E-state index is 13.7. The molecule has 3 N–H and O–H groups in total. The van der Waals surface area contributed by atoms with Gasteiger partial charge in [-0.1, -0.05) is 54.6 Å². The van der Waals surface area contributed by atoms with E-state index >= 15 is 0 Å². The number of carbonyl (C=O) groups excluding carboxylic acids is 2. The fraction of sp³-hybridized carbons (Fsp3) is 0.316. The first kappa shape index (κ1) is 34.2. The smallest absolute Gasteiger partial charge is 0.254 e. The highest BCUT2D eigenvalue weighted by Crippen LogP contribution is 2.25. The van der Waals surface area contributed by atoms with Crippen molar-refractivity contribution in [3.63, 3.8) is 0 Å². The van der Waals surface area contributed by atoms with Crippen LogP contribution in [0.4, 0.5) is 0 Å². The standard InChI is InChI=1S/C38H45N3O5/c1-25-19-31(22-32(20-25)38(44)41(4)27(3)30-13-10-14-34(23-30)46-6)37(43)40-35(21-28-11-8-7-9-12-28)36(42)24-39-26(2)29-15-17-33(45-5)18-16-29/h7-20,22-23,26-27,35-36,39,42H,21,24H2,1-6H3,(H,40,43)/t26-,27?,35+,36-/m1/s1. The third-order valence-corrected chi connectivity index (χ3v) is 8.39. The van der Waals surface area contributed by atoms with E-state index in [2.05, 4.69) is 10.6 Å². The number of nitrogens with zero attached hydrogens (tertiary/aromatic N) is 1. The minimum Gasteiger partial charge on any atom is -0.497 e. The van der Waals surface area contributed by atoms with Crippen molar-refractivity contribution in [2.45, 2.75) is 51.4 Å². The number of hydrogen-bond donors (Lipinski definition) is 3. The van der Waals surface area contributed by atoms with Gasteiger partial charge in [-0.15, -0.1) is 0 Å². The molecule has 4 aromatic rings. The van der Waals surface area contributed by atoms with Crippen LogP contribution in [0, 0.1) is 6.92 Å². The summed E-state index contributed by atoms with van der Waals surface area (Å²) >= 11 is 0. The lowest BCUT2D eigenvalue weighted by Crippen LogP contribution is -2.49. The molecule has 0 radical (unpaired) electrons. The molecule has 0 aliphatic carbocycles. The molecule has 0 spiro atoms. The normalized spacial score (nSPS) is 13.6. The lowest BCUT2D eigenvalue weighted by atomic mass is 9.99. The average molecular weight is 624 g/mol. The van der Waals surface area contributed by atoms with Crippen molar-refractivity contribution in [2.75, 3.05) is 27.8 Å². The van der Waals surface area contributed by atoms with Crippen LogP contribution in [0.15, 0.2) is 97.1 Å². The van der Waals surface area contributed by atoms with Crippen molar-refractivity contribution in [1.29, 1.82) is 0 Å². The minimum atomic E-state index is -0.884. The van der Waals surface area contributed by atoms with E-state index in [-0.39, 0.29) is 30.4 Å². The second kappa shape index (κ2) is 16.1. The molecular weight excluding hydrogens is 578 g/mol. The quantitative estimate of drug-likeness (QED) is 0.162. The van der Waals surface area contributed by atoms with Crippen LogP contribution >= 0.6 is 0 Å². The summed E-state index contributed by atoms with van der Waals surface area (Å²) in [6.07, 6.45) is -0.448. The van der Waals surface area contributed by atoms with Crippen LogP contribution in [0.1, 0.15) is 68.9 Å². The zero-order chi connectivity index (χ0) is 33.2. The van der Waals surface area contributed by atoms with Gasteiger partial charge in [-0.3, -0.25) is 9.59 Å². The van der Waals surface area contributed by atoms with Gasteiger partial charge in [0.25, 0.3) is 11.8 Å². The predicted octanol–water partition coefficient (Wildman–Crippen LogP) is 5.90. The summed E-state index contributed by atoms with van der Waals surface area (Å²) in [7, 11) is 4.99. The molecule has 8 nitrogen and oxygen atoms in total. The minimum absolute atomic E-state index is 0.0321. The Labute approximate surface area is 272 Å². The molecule has 0 aliphatic rings. The Balaban J connectivity index is 1.49. The van der Waals surface area contributed by atoms with Crippen LogP contribution in [-0.2, 0) is 6.42 Å². The number of aliphatic hydroxyl groups is 1. The van der Waals surface area contributed by atoms with Crippen molar-refractivity contribution >= 4 is 11.8 Å². The van der Waals surface area contributed by atoms with Crippen molar-refractivity contribution in [2.24, 2.45) is 0 Å². The SMILES string of the molecule is COc1ccc([C@@H](C)NC[C@@H](O)[C@H](Cc2ccccc2)NC(=O)c2cc(C)cc(C(=O)N(C)C(C)c3cccc(OC)c3)c2)cc1. The molecule has 4 atom stereocenters. The van der Waals surface area contributed by atoms with Crippen LogP contribution in [0.3, 0.4) is 0 Å². The fourth-order valence-corrected chi connectivity index (χ4v) is 5.40. The monoisotopic (exact) mass is 623 g/mol. The first-order valence-corrected chi connectivity index (χ1v) is 15.5. The van der Waals surface area contributed by atoms with Gasteiger partial charge in [0.15, 0.2) is 0 Å². The molecule has 0 fully saturated rings. The van der Waals surface area contributed by atoms with Crippen LogP contribution in [-0.4, -0.2) is 61.8 Å². The first-order chi connectivity index (χ1) is 22.1. The summed E-state index contributed by atoms with van der Waals surface area (Å²) in [5.74, 6) is 0.938. The first-order valence-electron chi connectivity index (χ1n) is 15.5. The third kappa shape index (κ3) is 8.96. The lowest BCUT2D eigenvalue weighted by molar-refractivity contribution is 0.0742. The second-order valence-electron chi connectivity index (χ2n) is 11.7. The molecule has 0 saturated heterocycles. The average Bonchev–Trinajstić information content (AvgIpc) is 3.09. The summed E-state index contributed by atoms with van der Waals surface area (Å²) in [6.45, 7) is 6.10. The Morgan fingerprint density at radius 2 is 1.48 bits per heavy atom. The van der Waals surface area contributed by atoms with E-state index in [9.17, 15) is 14.7 Å². The molecule has 242 valence electrons. The largest absolute Gasteiger partial charge is 0.497 e. The zero-order valence-corrected chi connectivity index (χ0v) is 27.5. The number of methoxy groups -OCH3 is 2. The van der Waals surface area contributed by atoms with Gasteiger partial charge in [-0.25, -0.2) is 0 Å². The van der Waals surface area contributed by atoms with E-state index in [1.165, 1.54) is 0 Å². The van der Waals surface area contributed by atoms with E-state index in [0.717, 1.165) is 33.8 Å². The summed E-state index contributed by atoms with van der Waals surface area (Å²) in [5.41, 5.74) is 4.54. The summed E-state index contributed by atoms with van der Waals surface area (Å²) in [6, 6.07) is 29.5. The summed E-state index contributed by atoms with van der Waals surface area (Å²) in [5, 5.41) is 17.8. The molecule has 0 aromatic heterocycles. The maximum absolute atomic E-state index is 13.7. The Bertz CT molecular complexity index is 1590. The molecule has 46 heavy (non-hydrogen) atoms. The van der Waals surface area contributed by atoms with Crippen LogP contribution in [0.2, 0.25) is 0 Å². The Morgan fingerprint density at radius 3 is 2.15 bits per heavy atom. The number of nitrogens with one attached hydrogen (secondary N) is 2. The van der Waals surface area contributed by atoms with E-state index in [1.54, 1.807) is 44.4 Å². The topological polar surface area (TPSA) is 100 Å². The van der Waals surface area contributed by atoms with Gasteiger partial charge < -0.3 is 30.1 Å². The van der Waals surface area contributed by atoms with E-state index in [4.69, 9.17) is 9.47 Å². The molecule has 8 heteroatoms. The number of hydrogen-bond acceptors (Lipinski definition) is 6. The molecule has 1 unspecified atom stereocenters. The number of amides is 2. The number of benzene rings is 4. The molecule has 4 aromatic carbocycles. The number of aryl methyl sites for hydroxylation is 1. The molecular formula is C38H45N3O5. The zero-order valence-electron chi connectivity index (χ0n) is 27.5. The summed E-state index contributed by atoms with van der Waals surface area (Å²) < 4.78 is 10.6. The van der Waals surface area contributed by atoms with Crippen LogP contribution in [0.25, 0.3) is 0 Å². The van der Waals surface area contributed by atoms with Crippen molar-refractivity contribution in [3.8, 4) is 11.5 Å².